The number of hydrogen-bond acceptors (Lipinski definition) is 4. The Balaban J connectivity index is 0.00000288. The van der Waals surface area contributed by atoms with Crippen molar-refractivity contribution >= 4 is 29.9 Å². The quantitative estimate of drug-likeness (QED) is 0.341. The Labute approximate surface area is 159 Å². The van der Waals surface area contributed by atoms with Crippen LogP contribution in [0.3, 0.4) is 0 Å². The molecule has 0 aliphatic rings. The number of aryl methyl sites for hydroxylation is 1. The first-order valence-electron chi connectivity index (χ1n) is 7.77. The minimum atomic E-state index is -1.06. The maximum atomic E-state index is 10.6. The molecule has 0 amide bonds. The summed E-state index contributed by atoms with van der Waals surface area (Å²) >= 11 is 0. The van der Waals surface area contributed by atoms with E-state index in [1.165, 1.54) is 0 Å². The predicted octanol–water partition coefficient (Wildman–Crippen LogP) is 1.64. The highest BCUT2D eigenvalue weighted by atomic mass is 127. The number of guanidine groups is 1. The van der Waals surface area contributed by atoms with Crippen LogP contribution in [0.25, 0.3) is 0 Å². The number of halogens is 1. The fourth-order valence-corrected chi connectivity index (χ4v) is 2.12. The fourth-order valence-electron chi connectivity index (χ4n) is 2.12. The van der Waals surface area contributed by atoms with Crippen molar-refractivity contribution in [2.24, 2.45) is 12.0 Å². The molecule has 0 saturated carbocycles. The average Bonchev–Trinajstić information content (AvgIpc) is 3.16. The van der Waals surface area contributed by atoms with Crippen LogP contribution in [0.4, 0.5) is 0 Å². The molecule has 0 fully saturated rings. The van der Waals surface area contributed by atoms with E-state index < -0.39 is 5.60 Å². The van der Waals surface area contributed by atoms with Crippen molar-refractivity contribution < 1.29 is 9.52 Å². The smallest absolute Gasteiger partial charge is 0.191 e. The van der Waals surface area contributed by atoms with Gasteiger partial charge in [0.2, 0.25) is 0 Å². The summed E-state index contributed by atoms with van der Waals surface area (Å²) < 4.78 is 6.97. The lowest BCUT2D eigenvalue weighted by Crippen LogP contribution is -2.39. The number of rotatable bonds is 7. The van der Waals surface area contributed by atoms with E-state index in [-0.39, 0.29) is 30.5 Å². The lowest BCUT2D eigenvalue weighted by Gasteiger charge is -2.20. The van der Waals surface area contributed by atoms with Gasteiger partial charge in [0.25, 0.3) is 0 Å². The summed E-state index contributed by atoms with van der Waals surface area (Å²) in [6.45, 7) is 5.44. The van der Waals surface area contributed by atoms with E-state index >= 15 is 0 Å². The predicted molar refractivity (Wildman–Crippen MR) is 105 cm³/mol. The first kappa shape index (κ1) is 20.5. The van der Waals surface area contributed by atoms with Gasteiger partial charge in [-0.3, -0.25) is 4.68 Å². The van der Waals surface area contributed by atoms with Crippen molar-refractivity contribution in [2.45, 2.75) is 25.9 Å². The maximum absolute atomic E-state index is 10.6. The van der Waals surface area contributed by atoms with Gasteiger partial charge in [-0.05, 0) is 26.0 Å². The van der Waals surface area contributed by atoms with Crippen LogP contribution in [0, 0.1) is 0 Å². The monoisotopic (exact) mass is 447 g/mol. The molecule has 0 radical (unpaired) electrons. The van der Waals surface area contributed by atoms with Crippen molar-refractivity contribution in [1.82, 2.24) is 20.4 Å². The second-order valence-electron chi connectivity index (χ2n) is 5.63. The molecule has 1 atom stereocenters. The Morgan fingerprint density at radius 3 is 2.83 bits per heavy atom. The third kappa shape index (κ3) is 6.16. The molecule has 2 heterocycles. The summed E-state index contributed by atoms with van der Waals surface area (Å²) in [6.07, 6.45) is 5.90. The molecule has 0 saturated heterocycles. The van der Waals surface area contributed by atoms with Crippen molar-refractivity contribution in [3.63, 3.8) is 0 Å². The van der Waals surface area contributed by atoms with Crippen molar-refractivity contribution in [3.05, 3.63) is 42.1 Å². The lowest BCUT2D eigenvalue weighted by atomic mass is 10.0. The van der Waals surface area contributed by atoms with Gasteiger partial charge in [0.1, 0.15) is 11.4 Å². The summed E-state index contributed by atoms with van der Waals surface area (Å²) in [6, 6.07) is 3.82. The van der Waals surface area contributed by atoms with Crippen LogP contribution < -0.4 is 10.6 Å². The van der Waals surface area contributed by atoms with Crippen LogP contribution >= 0.6 is 24.0 Å². The molecule has 0 aliphatic heterocycles. The molecule has 7 nitrogen and oxygen atoms in total. The highest BCUT2D eigenvalue weighted by Gasteiger charge is 2.24. The van der Waals surface area contributed by atoms with Crippen LogP contribution in [0.15, 0.2) is 40.2 Å². The molecule has 2 aromatic rings. The van der Waals surface area contributed by atoms with Crippen molar-refractivity contribution in [2.75, 3.05) is 19.6 Å². The zero-order valence-corrected chi connectivity index (χ0v) is 16.7. The van der Waals surface area contributed by atoms with Gasteiger partial charge in [0.15, 0.2) is 5.96 Å². The molecular weight excluding hydrogens is 421 g/mol. The molecule has 0 bridgehead atoms. The molecule has 3 N–H and O–H groups in total. The van der Waals surface area contributed by atoms with E-state index in [1.807, 2.05) is 26.1 Å². The first-order chi connectivity index (χ1) is 11.0. The zero-order chi connectivity index (χ0) is 16.7. The van der Waals surface area contributed by atoms with E-state index in [9.17, 15) is 5.11 Å². The summed E-state index contributed by atoms with van der Waals surface area (Å²) in [7, 11) is 1.82. The van der Waals surface area contributed by atoms with Gasteiger partial charge in [0, 0.05) is 38.3 Å². The minimum absolute atomic E-state index is 0. The van der Waals surface area contributed by atoms with Crippen LogP contribution in [-0.4, -0.2) is 40.5 Å². The average molecular weight is 447 g/mol. The Bertz CT molecular complexity index is 622. The number of aliphatic hydroxyl groups is 1. The van der Waals surface area contributed by atoms with Gasteiger partial charge in [-0.25, -0.2) is 4.99 Å². The van der Waals surface area contributed by atoms with Crippen LogP contribution in [0.2, 0.25) is 0 Å². The fraction of sp³-hybridized carbons (Fsp3) is 0.500. The molecule has 0 spiro atoms. The summed E-state index contributed by atoms with van der Waals surface area (Å²) in [5.74, 6) is 1.60. The van der Waals surface area contributed by atoms with E-state index in [0.29, 0.717) is 12.5 Å². The summed E-state index contributed by atoms with van der Waals surface area (Å²) in [4.78, 5) is 4.47. The van der Waals surface area contributed by atoms with Gasteiger partial charge < -0.3 is 20.2 Å². The highest BCUT2D eigenvalue weighted by molar-refractivity contribution is 14.0. The molecule has 2 aromatic heterocycles. The molecule has 134 valence electrons. The van der Waals surface area contributed by atoms with Crippen LogP contribution in [-0.2, 0) is 19.1 Å². The van der Waals surface area contributed by atoms with Crippen LogP contribution in [0.5, 0.6) is 0 Å². The first-order valence-corrected chi connectivity index (χ1v) is 7.77. The Hall–Kier alpha value is -1.55. The third-order valence-corrected chi connectivity index (χ3v) is 3.46. The number of nitrogens with zero attached hydrogens (tertiary/aromatic N) is 3. The van der Waals surface area contributed by atoms with Gasteiger partial charge in [-0.2, -0.15) is 5.10 Å². The summed E-state index contributed by atoms with van der Waals surface area (Å²) in [5.41, 5.74) is -0.312. The number of aromatic nitrogens is 2. The second kappa shape index (κ2) is 9.67. The SMILES string of the molecule is CCNC(=NCC(C)(O)c1cnn(C)c1)NCCc1ccco1.I. The molecule has 8 heteroatoms. The standard InChI is InChI=1S/C16H25N5O2.HI/c1-4-17-15(18-8-7-14-6-5-9-23-14)19-12-16(2,22)13-10-20-21(3)11-13;/h5-6,9-11,22H,4,7-8,12H2,1-3H3,(H2,17,18,19);1H. The minimum Gasteiger partial charge on any atom is -0.469 e. The number of furan rings is 1. The molecule has 0 aromatic carbocycles. The lowest BCUT2D eigenvalue weighted by molar-refractivity contribution is 0.0672. The second-order valence-corrected chi connectivity index (χ2v) is 5.63. The van der Waals surface area contributed by atoms with Gasteiger partial charge >= 0.3 is 0 Å². The topological polar surface area (TPSA) is 87.6 Å². The van der Waals surface area contributed by atoms with Crippen molar-refractivity contribution in [3.8, 4) is 0 Å². The van der Waals surface area contributed by atoms with Crippen molar-refractivity contribution in [1.29, 1.82) is 0 Å². The van der Waals surface area contributed by atoms with Gasteiger partial charge in [0.05, 0.1) is 19.0 Å². The maximum Gasteiger partial charge on any atom is 0.191 e. The number of nitrogens with one attached hydrogen (secondary N) is 2. The summed E-state index contributed by atoms with van der Waals surface area (Å²) in [5, 5.41) is 21.1. The van der Waals surface area contributed by atoms with Crippen LogP contribution in [0.1, 0.15) is 25.2 Å². The van der Waals surface area contributed by atoms with E-state index in [2.05, 4.69) is 20.7 Å². The Morgan fingerprint density at radius 2 is 2.25 bits per heavy atom. The number of aliphatic imine (C=N–C) groups is 1. The molecular formula is C16H26IN5O2. The van der Waals surface area contributed by atoms with E-state index in [4.69, 9.17) is 4.42 Å². The Kier molecular flexibility index (Phi) is 8.26. The van der Waals surface area contributed by atoms with E-state index in [1.54, 1.807) is 30.3 Å². The third-order valence-electron chi connectivity index (χ3n) is 3.46. The largest absolute Gasteiger partial charge is 0.469 e. The van der Waals surface area contributed by atoms with E-state index in [0.717, 1.165) is 24.3 Å². The van der Waals surface area contributed by atoms with Gasteiger partial charge in [-0.1, -0.05) is 0 Å². The molecule has 2 rings (SSSR count). The molecule has 0 aliphatic carbocycles. The van der Waals surface area contributed by atoms with Gasteiger partial charge in [-0.15, -0.1) is 24.0 Å². The molecule has 24 heavy (non-hydrogen) atoms. The zero-order valence-electron chi connectivity index (χ0n) is 14.3. The normalized spacial score (nSPS) is 13.9. The highest BCUT2D eigenvalue weighted by Crippen LogP contribution is 2.19. The molecule has 1 unspecified atom stereocenters. The number of hydrogen-bond donors (Lipinski definition) is 3. The Morgan fingerprint density at radius 1 is 1.46 bits per heavy atom.